The zero-order valence-corrected chi connectivity index (χ0v) is 11.7. The Bertz CT molecular complexity index is 632. The van der Waals surface area contributed by atoms with Crippen LogP contribution < -0.4 is 4.74 Å². The maximum atomic E-state index is 11.1. The average molecular weight is 284 g/mol. The molecule has 0 aliphatic heterocycles. The van der Waals surface area contributed by atoms with Crippen LogP contribution in [-0.2, 0) is 11.3 Å². The number of methoxy groups -OCH3 is 1. The van der Waals surface area contributed by atoms with Crippen molar-refractivity contribution in [3.8, 4) is 5.75 Å². The topological polar surface area (TPSA) is 55.8 Å². The largest absolute Gasteiger partial charge is 0.504 e. The van der Waals surface area contributed by atoms with E-state index in [1.165, 1.54) is 19.4 Å². The molecule has 4 nitrogen and oxygen atoms in total. The van der Waals surface area contributed by atoms with Gasteiger partial charge in [0.1, 0.15) is 12.4 Å². The summed E-state index contributed by atoms with van der Waals surface area (Å²) in [5.74, 6) is -0.485. The van der Waals surface area contributed by atoms with Crippen LogP contribution in [0.5, 0.6) is 5.75 Å². The van der Waals surface area contributed by atoms with Gasteiger partial charge in [0.25, 0.3) is 0 Å². The van der Waals surface area contributed by atoms with Crippen LogP contribution in [0.4, 0.5) is 0 Å². The molecule has 2 aromatic carbocycles. The summed E-state index contributed by atoms with van der Waals surface area (Å²) in [6, 6.07) is 14.5. The van der Waals surface area contributed by atoms with E-state index >= 15 is 0 Å². The minimum Gasteiger partial charge on any atom is -0.504 e. The lowest BCUT2D eigenvalue weighted by Crippen LogP contribution is -2.00. The average Bonchev–Trinajstić information content (AvgIpc) is 2.51. The first kappa shape index (κ1) is 14.7. The Hall–Kier alpha value is -2.75. The van der Waals surface area contributed by atoms with Gasteiger partial charge in [-0.25, -0.2) is 4.79 Å². The molecule has 0 atom stereocenters. The third-order valence-corrected chi connectivity index (χ3v) is 2.82. The molecule has 0 amide bonds. The van der Waals surface area contributed by atoms with Gasteiger partial charge >= 0.3 is 5.97 Å². The number of ether oxygens (including phenoxy) is 2. The van der Waals surface area contributed by atoms with Crippen LogP contribution >= 0.6 is 0 Å². The monoisotopic (exact) mass is 284 g/mol. The van der Waals surface area contributed by atoms with Gasteiger partial charge in [0, 0.05) is 0 Å². The van der Waals surface area contributed by atoms with Crippen molar-refractivity contribution in [3.05, 3.63) is 71.5 Å². The van der Waals surface area contributed by atoms with Gasteiger partial charge in [-0.15, -0.1) is 0 Å². The lowest BCUT2D eigenvalue weighted by Gasteiger charge is -2.08. The lowest BCUT2D eigenvalue weighted by molar-refractivity contribution is 0.0696. The Balaban J connectivity index is 2.19. The highest BCUT2D eigenvalue weighted by molar-refractivity contribution is 5.89. The second-order valence-corrected chi connectivity index (χ2v) is 4.41. The summed E-state index contributed by atoms with van der Waals surface area (Å²) in [5, 5.41) is 9.13. The van der Waals surface area contributed by atoms with Crippen LogP contribution in [0.1, 0.15) is 21.5 Å². The Morgan fingerprint density at radius 1 is 1.19 bits per heavy atom. The molecule has 0 unspecified atom stereocenters. The van der Waals surface area contributed by atoms with Gasteiger partial charge in [-0.3, -0.25) is 0 Å². The molecule has 21 heavy (non-hydrogen) atoms. The van der Waals surface area contributed by atoms with E-state index in [9.17, 15) is 4.79 Å². The van der Waals surface area contributed by atoms with Crippen molar-refractivity contribution in [2.45, 2.75) is 6.61 Å². The van der Waals surface area contributed by atoms with E-state index < -0.39 is 5.97 Å². The highest BCUT2D eigenvalue weighted by Crippen LogP contribution is 2.20. The Labute approximate surface area is 123 Å². The van der Waals surface area contributed by atoms with Crippen molar-refractivity contribution in [2.75, 3.05) is 7.11 Å². The third-order valence-electron chi connectivity index (χ3n) is 2.82. The number of carboxylic acid groups (broad SMARTS) is 1. The standard InChI is InChI=1S/C17H16O4/c1-20-8-7-14-9-15(17(18)19)11-16(10-14)21-12-13-5-3-2-4-6-13/h2-11H,12H2,1H3,(H,18,19)/b8-7+. The Morgan fingerprint density at radius 2 is 1.95 bits per heavy atom. The molecule has 0 heterocycles. The van der Waals surface area contributed by atoms with Crippen molar-refractivity contribution in [1.82, 2.24) is 0 Å². The normalized spacial score (nSPS) is 10.5. The molecular weight excluding hydrogens is 268 g/mol. The zero-order chi connectivity index (χ0) is 15.1. The lowest BCUT2D eigenvalue weighted by atomic mass is 10.1. The summed E-state index contributed by atoms with van der Waals surface area (Å²) in [6.07, 6.45) is 3.17. The molecule has 4 heteroatoms. The van der Waals surface area contributed by atoms with Gasteiger partial charge in [-0.05, 0) is 35.4 Å². The van der Waals surface area contributed by atoms with Crippen molar-refractivity contribution in [2.24, 2.45) is 0 Å². The van der Waals surface area contributed by atoms with Crippen molar-refractivity contribution in [1.29, 1.82) is 0 Å². The summed E-state index contributed by atoms with van der Waals surface area (Å²) in [5.41, 5.74) is 1.91. The summed E-state index contributed by atoms with van der Waals surface area (Å²) in [6.45, 7) is 0.386. The first-order valence-electron chi connectivity index (χ1n) is 6.43. The van der Waals surface area contributed by atoms with Crippen LogP contribution in [0.25, 0.3) is 6.08 Å². The molecule has 2 rings (SSSR count). The number of hydrogen-bond acceptors (Lipinski definition) is 3. The molecule has 0 aliphatic carbocycles. The number of aromatic carboxylic acids is 1. The fraction of sp³-hybridized carbons (Fsp3) is 0.118. The van der Waals surface area contributed by atoms with Crippen LogP contribution in [0, 0.1) is 0 Å². The van der Waals surface area contributed by atoms with E-state index in [-0.39, 0.29) is 5.56 Å². The molecule has 0 saturated carbocycles. The zero-order valence-electron chi connectivity index (χ0n) is 11.7. The van der Waals surface area contributed by atoms with Crippen molar-refractivity contribution in [3.63, 3.8) is 0 Å². The molecule has 0 aromatic heterocycles. The van der Waals surface area contributed by atoms with Crippen LogP contribution in [-0.4, -0.2) is 18.2 Å². The van der Waals surface area contributed by atoms with E-state index in [2.05, 4.69) is 0 Å². The van der Waals surface area contributed by atoms with Crippen molar-refractivity contribution >= 4 is 12.0 Å². The Morgan fingerprint density at radius 3 is 2.62 bits per heavy atom. The Kier molecular flexibility index (Phi) is 4.99. The van der Waals surface area contributed by atoms with Gasteiger partial charge in [0.05, 0.1) is 18.9 Å². The molecule has 0 bridgehead atoms. The van der Waals surface area contributed by atoms with Crippen LogP contribution in [0.2, 0.25) is 0 Å². The fourth-order valence-electron chi connectivity index (χ4n) is 1.81. The number of rotatable bonds is 6. The van der Waals surface area contributed by atoms with Crippen LogP contribution in [0.3, 0.4) is 0 Å². The maximum absolute atomic E-state index is 11.1. The minimum absolute atomic E-state index is 0.177. The van der Waals surface area contributed by atoms with E-state index in [0.29, 0.717) is 17.9 Å². The number of benzene rings is 2. The molecule has 108 valence electrons. The smallest absolute Gasteiger partial charge is 0.335 e. The molecule has 0 radical (unpaired) electrons. The highest BCUT2D eigenvalue weighted by atomic mass is 16.5. The predicted octanol–water partition coefficient (Wildman–Crippen LogP) is 3.58. The number of hydrogen-bond donors (Lipinski definition) is 1. The SMILES string of the molecule is CO/C=C/c1cc(OCc2ccccc2)cc(C(=O)O)c1. The summed E-state index contributed by atoms with van der Waals surface area (Å²) in [7, 11) is 1.53. The first-order chi connectivity index (χ1) is 10.2. The molecule has 0 aliphatic rings. The molecule has 0 spiro atoms. The van der Waals surface area contributed by atoms with Gasteiger partial charge < -0.3 is 14.6 Å². The van der Waals surface area contributed by atoms with Gasteiger partial charge in [-0.1, -0.05) is 30.3 Å². The van der Waals surface area contributed by atoms with E-state index in [1.54, 1.807) is 18.2 Å². The number of carbonyl (C=O) groups is 1. The molecule has 2 aromatic rings. The maximum Gasteiger partial charge on any atom is 0.335 e. The van der Waals surface area contributed by atoms with E-state index in [1.807, 2.05) is 30.3 Å². The number of carboxylic acids is 1. The second-order valence-electron chi connectivity index (χ2n) is 4.41. The van der Waals surface area contributed by atoms with Gasteiger partial charge in [-0.2, -0.15) is 0 Å². The second kappa shape index (κ2) is 7.14. The molecule has 0 saturated heterocycles. The highest BCUT2D eigenvalue weighted by Gasteiger charge is 2.07. The van der Waals surface area contributed by atoms with Gasteiger partial charge in [0.2, 0.25) is 0 Å². The fourth-order valence-corrected chi connectivity index (χ4v) is 1.81. The van der Waals surface area contributed by atoms with E-state index in [4.69, 9.17) is 14.6 Å². The van der Waals surface area contributed by atoms with Crippen LogP contribution in [0.15, 0.2) is 54.8 Å². The summed E-state index contributed by atoms with van der Waals surface area (Å²) in [4.78, 5) is 11.1. The summed E-state index contributed by atoms with van der Waals surface area (Å²) >= 11 is 0. The third kappa shape index (κ3) is 4.38. The molecule has 0 fully saturated rings. The van der Waals surface area contributed by atoms with Gasteiger partial charge in [0.15, 0.2) is 0 Å². The molecular formula is C17H16O4. The minimum atomic E-state index is -0.993. The summed E-state index contributed by atoms with van der Waals surface area (Å²) < 4.78 is 10.5. The van der Waals surface area contributed by atoms with E-state index in [0.717, 1.165) is 5.56 Å². The van der Waals surface area contributed by atoms with Crippen molar-refractivity contribution < 1.29 is 19.4 Å². The quantitative estimate of drug-likeness (QED) is 0.824. The molecule has 1 N–H and O–H groups in total. The first-order valence-corrected chi connectivity index (χ1v) is 6.43. The predicted molar refractivity (Wildman–Crippen MR) is 80.2 cm³/mol.